The summed E-state index contributed by atoms with van der Waals surface area (Å²) in [5, 5.41) is 4.42. The van der Waals surface area contributed by atoms with Crippen LogP contribution in [0.1, 0.15) is 37.1 Å². The van der Waals surface area contributed by atoms with Crippen molar-refractivity contribution in [3.63, 3.8) is 0 Å². The fourth-order valence-electron chi connectivity index (χ4n) is 1.66. The summed E-state index contributed by atoms with van der Waals surface area (Å²) in [6, 6.07) is 2.12. The van der Waals surface area contributed by atoms with Crippen LogP contribution in [0.3, 0.4) is 0 Å². The van der Waals surface area contributed by atoms with Gasteiger partial charge in [-0.25, -0.2) is 0 Å². The van der Waals surface area contributed by atoms with Gasteiger partial charge in [-0.2, -0.15) is 5.10 Å². The van der Waals surface area contributed by atoms with Crippen LogP contribution in [-0.2, 0) is 6.54 Å². The van der Waals surface area contributed by atoms with Gasteiger partial charge < -0.3 is 5.73 Å². The highest BCUT2D eigenvalue weighted by atomic mass is 15.3. The molecule has 0 fully saturated rings. The zero-order chi connectivity index (χ0) is 10.4. The van der Waals surface area contributed by atoms with Crippen LogP contribution in [-0.4, -0.2) is 16.3 Å². The molecule has 0 aliphatic heterocycles. The average Bonchev–Trinajstić information content (AvgIpc) is 2.45. The minimum absolute atomic E-state index is 0.819. The Morgan fingerprint density at radius 1 is 1.21 bits per heavy atom. The summed E-state index contributed by atoms with van der Waals surface area (Å²) in [5.74, 6) is 0. The van der Waals surface area contributed by atoms with Crippen molar-refractivity contribution in [3.05, 3.63) is 17.5 Å². The van der Waals surface area contributed by atoms with E-state index >= 15 is 0 Å². The normalized spacial score (nSPS) is 10.8. The third-order valence-electron chi connectivity index (χ3n) is 2.43. The van der Waals surface area contributed by atoms with E-state index in [4.69, 9.17) is 5.73 Å². The molecule has 0 atom stereocenters. The second-order valence-electron chi connectivity index (χ2n) is 3.85. The number of nitrogens with zero attached hydrogens (tertiary/aromatic N) is 2. The van der Waals surface area contributed by atoms with E-state index in [2.05, 4.69) is 22.8 Å². The molecule has 80 valence electrons. The zero-order valence-corrected chi connectivity index (χ0v) is 9.29. The summed E-state index contributed by atoms with van der Waals surface area (Å²) < 4.78 is 2.10. The smallest absolute Gasteiger partial charge is 0.0596 e. The lowest BCUT2D eigenvalue weighted by Gasteiger charge is -2.03. The Kier molecular flexibility index (Phi) is 4.66. The molecule has 3 nitrogen and oxygen atoms in total. The van der Waals surface area contributed by atoms with Gasteiger partial charge in [0.05, 0.1) is 5.69 Å². The second kappa shape index (κ2) is 5.81. The lowest BCUT2D eigenvalue weighted by molar-refractivity contribution is 0.526. The van der Waals surface area contributed by atoms with Gasteiger partial charge in [0, 0.05) is 12.2 Å². The molecule has 1 heterocycles. The summed E-state index contributed by atoms with van der Waals surface area (Å²) in [6.45, 7) is 6.02. The van der Waals surface area contributed by atoms with Crippen molar-refractivity contribution in [1.82, 2.24) is 9.78 Å². The van der Waals surface area contributed by atoms with Crippen LogP contribution in [0, 0.1) is 13.8 Å². The minimum atomic E-state index is 0.819. The third-order valence-corrected chi connectivity index (χ3v) is 2.43. The van der Waals surface area contributed by atoms with Gasteiger partial charge in [-0.15, -0.1) is 0 Å². The molecular weight excluding hydrogens is 174 g/mol. The Balaban J connectivity index is 2.21. The highest BCUT2D eigenvalue weighted by molar-refractivity contribution is 5.06. The quantitative estimate of drug-likeness (QED) is 0.706. The van der Waals surface area contributed by atoms with E-state index in [1.54, 1.807) is 0 Å². The first-order valence-corrected chi connectivity index (χ1v) is 5.45. The van der Waals surface area contributed by atoms with Crippen LogP contribution in [0.4, 0.5) is 0 Å². The molecule has 1 aromatic heterocycles. The highest BCUT2D eigenvalue weighted by Gasteiger charge is 1.99. The molecule has 3 heteroatoms. The molecule has 0 spiro atoms. The number of unbranched alkanes of at least 4 members (excludes halogenated alkanes) is 3. The zero-order valence-electron chi connectivity index (χ0n) is 9.29. The molecule has 14 heavy (non-hydrogen) atoms. The molecule has 0 aliphatic rings. The topological polar surface area (TPSA) is 43.8 Å². The van der Waals surface area contributed by atoms with Crippen LogP contribution in [0.5, 0.6) is 0 Å². The van der Waals surface area contributed by atoms with Crippen molar-refractivity contribution >= 4 is 0 Å². The number of aromatic nitrogens is 2. The molecule has 0 radical (unpaired) electrons. The molecule has 0 saturated heterocycles. The number of rotatable bonds is 6. The second-order valence-corrected chi connectivity index (χ2v) is 3.85. The Morgan fingerprint density at radius 2 is 1.93 bits per heavy atom. The first kappa shape index (κ1) is 11.2. The van der Waals surface area contributed by atoms with Crippen molar-refractivity contribution < 1.29 is 0 Å². The first-order chi connectivity index (χ1) is 6.74. The summed E-state index contributed by atoms with van der Waals surface area (Å²) in [4.78, 5) is 0. The van der Waals surface area contributed by atoms with Crippen molar-refractivity contribution in [2.75, 3.05) is 6.54 Å². The average molecular weight is 195 g/mol. The number of nitrogens with two attached hydrogens (primary N) is 1. The summed E-state index contributed by atoms with van der Waals surface area (Å²) in [6.07, 6.45) is 4.87. The van der Waals surface area contributed by atoms with Gasteiger partial charge in [0.15, 0.2) is 0 Å². The molecule has 0 saturated carbocycles. The maximum Gasteiger partial charge on any atom is 0.0596 e. The Morgan fingerprint density at radius 3 is 2.50 bits per heavy atom. The van der Waals surface area contributed by atoms with E-state index in [-0.39, 0.29) is 0 Å². The number of aryl methyl sites for hydroxylation is 3. The van der Waals surface area contributed by atoms with Gasteiger partial charge >= 0.3 is 0 Å². The number of hydrogen-bond acceptors (Lipinski definition) is 2. The summed E-state index contributed by atoms with van der Waals surface area (Å²) in [7, 11) is 0. The van der Waals surface area contributed by atoms with Gasteiger partial charge in [0.1, 0.15) is 0 Å². The predicted molar refractivity (Wildman–Crippen MR) is 59.2 cm³/mol. The molecule has 0 bridgehead atoms. The van der Waals surface area contributed by atoms with Crippen LogP contribution in [0.2, 0.25) is 0 Å². The molecule has 1 aromatic rings. The van der Waals surface area contributed by atoms with Crippen molar-refractivity contribution in [1.29, 1.82) is 0 Å². The molecule has 0 aromatic carbocycles. The standard InChI is InChI=1S/C11H21N3/c1-10-9-11(2)14(13-10)8-6-4-3-5-7-12/h9H,3-8,12H2,1-2H3. The Labute approximate surface area is 86.3 Å². The maximum atomic E-state index is 5.43. The van der Waals surface area contributed by atoms with Gasteiger partial charge in [-0.1, -0.05) is 12.8 Å². The third kappa shape index (κ3) is 3.50. The van der Waals surface area contributed by atoms with E-state index < -0.39 is 0 Å². The van der Waals surface area contributed by atoms with E-state index in [0.29, 0.717) is 0 Å². The van der Waals surface area contributed by atoms with Crippen LogP contribution < -0.4 is 5.73 Å². The maximum absolute atomic E-state index is 5.43. The summed E-state index contributed by atoms with van der Waals surface area (Å²) in [5.41, 5.74) is 7.81. The van der Waals surface area contributed by atoms with Crippen molar-refractivity contribution in [2.45, 2.75) is 46.1 Å². The van der Waals surface area contributed by atoms with Crippen molar-refractivity contribution in [3.8, 4) is 0 Å². The lowest BCUT2D eigenvalue weighted by Crippen LogP contribution is -2.03. The predicted octanol–water partition coefficient (Wildman–Crippen LogP) is 2.02. The summed E-state index contributed by atoms with van der Waals surface area (Å²) >= 11 is 0. The van der Waals surface area contributed by atoms with Crippen molar-refractivity contribution in [2.24, 2.45) is 5.73 Å². The monoisotopic (exact) mass is 195 g/mol. The lowest BCUT2D eigenvalue weighted by atomic mass is 10.2. The van der Waals surface area contributed by atoms with Crippen LogP contribution >= 0.6 is 0 Å². The van der Waals surface area contributed by atoms with Crippen LogP contribution in [0.25, 0.3) is 0 Å². The number of hydrogen-bond donors (Lipinski definition) is 1. The van der Waals surface area contributed by atoms with Gasteiger partial charge in [-0.05, 0) is 39.3 Å². The van der Waals surface area contributed by atoms with E-state index in [1.807, 2.05) is 6.92 Å². The molecule has 0 amide bonds. The molecule has 2 N–H and O–H groups in total. The molecule has 0 aliphatic carbocycles. The van der Waals surface area contributed by atoms with E-state index in [0.717, 1.165) is 25.2 Å². The molecule has 1 rings (SSSR count). The largest absolute Gasteiger partial charge is 0.330 e. The first-order valence-electron chi connectivity index (χ1n) is 5.45. The van der Waals surface area contributed by atoms with Gasteiger partial charge in [0.2, 0.25) is 0 Å². The fraction of sp³-hybridized carbons (Fsp3) is 0.727. The molecule has 0 unspecified atom stereocenters. The minimum Gasteiger partial charge on any atom is -0.330 e. The Bertz CT molecular complexity index is 265. The molecular formula is C11H21N3. The Hall–Kier alpha value is -0.830. The van der Waals surface area contributed by atoms with E-state index in [9.17, 15) is 0 Å². The highest BCUT2D eigenvalue weighted by Crippen LogP contribution is 2.05. The van der Waals surface area contributed by atoms with Gasteiger partial charge in [0.25, 0.3) is 0 Å². The van der Waals surface area contributed by atoms with Gasteiger partial charge in [-0.3, -0.25) is 4.68 Å². The fourth-order valence-corrected chi connectivity index (χ4v) is 1.66. The van der Waals surface area contributed by atoms with Crippen LogP contribution in [0.15, 0.2) is 6.07 Å². The SMILES string of the molecule is Cc1cc(C)n(CCCCCCN)n1. The van der Waals surface area contributed by atoms with E-state index in [1.165, 1.54) is 25.0 Å².